The third kappa shape index (κ3) is 1.70. The fraction of sp³-hybridized carbons (Fsp3) is 0.0909. The fourth-order valence-corrected chi connectivity index (χ4v) is 1.91. The number of ether oxygens (including phenoxy) is 1. The standard InChI is InChI=1S/C11H8BrN3O2/c1-16-7-4-5-15-10(6-7)13-14-11(15)8-2-3-9(12)17-8/h2-6H,1H3. The van der Waals surface area contributed by atoms with Crippen LogP contribution < -0.4 is 4.74 Å². The molecule has 0 saturated carbocycles. The number of furan rings is 1. The summed E-state index contributed by atoms with van der Waals surface area (Å²) in [4.78, 5) is 0. The lowest BCUT2D eigenvalue weighted by atomic mass is 10.4. The highest BCUT2D eigenvalue weighted by Crippen LogP contribution is 2.25. The van der Waals surface area contributed by atoms with E-state index in [-0.39, 0.29) is 0 Å². The number of rotatable bonds is 2. The highest BCUT2D eigenvalue weighted by molar-refractivity contribution is 9.10. The molecule has 3 heterocycles. The summed E-state index contributed by atoms with van der Waals surface area (Å²) in [5, 5.41) is 8.17. The molecule has 0 saturated heterocycles. The molecule has 0 bridgehead atoms. The molecule has 3 rings (SSSR count). The van der Waals surface area contributed by atoms with Crippen molar-refractivity contribution in [2.45, 2.75) is 0 Å². The van der Waals surface area contributed by atoms with E-state index in [1.165, 1.54) is 0 Å². The van der Waals surface area contributed by atoms with E-state index >= 15 is 0 Å². The van der Waals surface area contributed by atoms with E-state index in [0.717, 1.165) is 5.75 Å². The van der Waals surface area contributed by atoms with Gasteiger partial charge in [0, 0.05) is 12.3 Å². The molecule has 0 unspecified atom stereocenters. The van der Waals surface area contributed by atoms with E-state index < -0.39 is 0 Å². The molecule has 0 N–H and O–H groups in total. The lowest BCUT2D eigenvalue weighted by Gasteiger charge is -2.00. The Morgan fingerprint density at radius 1 is 1.29 bits per heavy atom. The average molecular weight is 294 g/mol. The largest absolute Gasteiger partial charge is 0.497 e. The van der Waals surface area contributed by atoms with Crippen LogP contribution in [0, 0.1) is 0 Å². The second-order valence-electron chi connectivity index (χ2n) is 3.42. The summed E-state index contributed by atoms with van der Waals surface area (Å²) in [6.07, 6.45) is 1.85. The summed E-state index contributed by atoms with van der Waals surface area (Å²) in [5.41, 5.74) is 0.715. The van der Waals surface area contributed by atoms with Gasteiger partial charge in [-0.25, -0.2) is 0 Å². The molecule has 0 radical (unpaired) electrons. The zero-order valence-electron chi connectivity index (χ0n) is 8.92. The molecule has 0 aliphatic heterocycles. The minimum atomic E-state index is 0.661. The fourth-order valence-electron chi connectivity index (χ4n) is 1.60. The number of halogens is 1. The Morgan fingerprint density at radius 3 is 2.88 bits per heavy atom. The van der Waals surface area contributed by atoms with Crippen LogP contribution in [0.15, 0.2) is 39.5 Å². The van der Waals surface area contributed by atoms with E-state index in [4.69, 9.17) is 9.15 Å². The number of fused-ring (bicyclic) bond motifs is 1. The van der Waals surface area contributed by atoms with Crippen LogP contribution >= 0.6 is 15.9 Å². The van der Waals surface area contributed by atoms with Crippen LogP contribution in [0.5, 0.6) is 5.75 Å². The molecule has 0 aliphatic carbocycles. The second kappa shape index (κ2) is 3.89. The Morgan fingerprint density at radius 2 is 2.18 bits per heavy atom. The van der Waals surface area contributed by atoms with Gasteiger partial charge in [-0.05, 0) is 34.1 Å². The number of hydrogen-bond donors (Lipinski definition) is 0. The van der Waals surface area contributed by atoms with Gasteiger partial charge in [0.2, 0.25) is 5.82 Å². The van der Waals surface area contributed by atoms with E-state index in [2.05, 4.69) is 26.1 Å². The summed E-state index contributed by atoms with van der Waals surface area (Å²) in [5.74, 6) is 2.07. The number of nitrogens with zero attached hydrogens (tertiary/aromatic N) is 3. The molecule has 0 amide bonds. The monoisotopic (exact) mass is 293 g/mol. The third-order valence-corrected chi connectivity index (χ3v) is 2.84. The molecule has 86 valence electrons. The van der Waals surface area contributed by atoms with Gasteiger partial charge in [-0.1, -0.05) is 0 Å². The van der Waals surface area contributed by atoms with Gasteiger partial charge in [0.25, 0.3) is 0 Å². The Bertz CT molecular complexity index is 674. The van der Waals surface area contributed by atoms with Crippen LogP contribution in [0.4, 0.5) is 0 Å². The van der Waals surface area contributed by atoms with Crippen LogP contribution in [0.1, 0.15) is 0 Å². The van der Waals surface area contributed by atoms with Crippen molar-refractivity contribution in [2.24, 2.45) is 0 Å². The minimum Gasteiger partial charge on any atom is -0.497 e. The van der Waals surface area contributed by atoms with Crippen LogP contribution in [-0.2, 0) is 0 Å². The van der Waals surface area contributed by atoms with Gasteiger partial charge in [0.15, 0.2) is 16.1 Å². The van der Waals surface area contributed by atoms with Crippen LogP contribution in [-0.4, -0.2) is 21.7 Å². The van der Waals surface area contributed by atoms with Crippen molar-refractivity contribution in [3.8, 4) is 17.3 Å². The van der Waals surface area contributed by atoms with E-state index in [0.29, 0.717) is 21.9 Å². The third-order valence-electron chi connectivity index (χ3n) is 2.41. The van der Waals surface area contributed by atoms with E-state index in [1.54, 1.807) is 7.11 Å². The first kappa shape index (κ1) is 10.3. The number of aromatic nitrogens is 3. The molecule has 6 heteroatoms. The average Bonchev–Trinajstić information content (AvgIpc) is 2.93. The maximum absolute atomic E-state index is 5.45. The van der Waals surface area contributed by atoms with Gasteiger partial charge in [0.05, 0.1) is 7.11 Å². The maximum atomic E-state index is 5.45. The quantitative estimate of drug-likeness (QED) is 0.729. The first-order valence-electron chi connectivity index (χ1n) is 4.92. The topological polar surface area (TPSA) is 52.6 Å². The van der Waals surface area contributed by atoms with Crippen molar-refractivity contribution in [3.63, 3.8) is 0 Å². The molecular formula is C11H8BrN3O2. The van der Waals surface area contributed by atoms with Gasteiger partial charge < -0.3 is 9.15 Å². The summed E-state index contributed by atoms with van der Waals surface area (Å²) in [7, 11) is 1.62. The summed E-state index contributed by atoms with van der Waals surface area (Å²) in [6.45, 7) is 0. The van der Waals surface area contributed by atoms with E-state index in [1.807, 2.05) is 34.9 Å². The van der Waals surface area contributed by atoms with Crippen molar-refractivity contribution in [3.05, 3.63) is 35.1 Å². The van der Waals surface area contributed by atoms with Crippen molar-refractivity contribution < 1.29 is 9.15 Å². The molecule has 0 spiro atoms. The first-order chi connectivity index (χ1) is 8.28. The van der Waals surface area contributed by atoms with Gasteiger partial charge in [0.1, 0.15) is 5.75 Å². The van der Waals surface area contributed by atoms with Gasteiger partial charge >= 0.3 is 0 Å². The molecule has 0 atom stereocenters. The Labute approximate surface area is 105 Å². The lowest BCUT2D eigenvalue weighted by Crippen LogP contribution is -1.89. The maximum Gasteiger partial charge on any atom is 0.204 e. The van der Waals surface area contributed by atoms with Crippen molar-refractivity contribution >= 4 is 21.6 Å². The number of methoxy groups -OCH3 is 1. The molecular weight excluding hydrogens is 286 g/mol. The van der Waals surface area contributed by atoms with Crippen LogP contribution in [0.25, 0.3) is 17.2 Å². The van der Waals surface area contributed by atoms with Gasteiger partial charge in [-0.3, -0.25) is 4.40 Å². The van der Waals surface area contributed by atoms with Crippen molar-refractivity contribution in [2.75, 3.05) is 7.11 Å². The van der Waals surface area contributed by atoms with Gasteiger partial charge in [-0.2, -0.15) is 0 Å². The summed E-state index contributed by atoms with van der Waals surface area (Å²) < 4.78 is 13.1. The SMILES string of the molecule is COc1ccn2c(-c3ccc(Br)o3)nnc2c1. The van der Waals surface area contributed by atoms with E-state index in [9.17, 15) is 0 Å². The lowest BCUT2D eigenvalue weighted by molar-refractivity contribution is 0.414. The highest BCUT2D eigenvalue weighted by atomic mass is 79.9. The predicted molar refractivity (Wildman–Crippen MR) is 64.9 cm³/mol. The number of hydrogen-bond acceptors (Lipinski definition) is 4. The Kier molecular flexibility index (Phi) is 2.36. The molecule has 0 aromatic carbocycles. The highest BCUT2D eigenvalue weighted by Gasteiger charge is 2.11. The Balaban J connectivity index is 2.18. The molecule has 17 heavy (non-hydrogen) atoms. The normalized spacial score (nSPS) is 10.9. The minimum absolute atomic E-state index is 0.661. The van der Waals surface area contributed by atoms with Crippen LogP contribution in [0.3, 0.4) is 0 Å². The zero-order chi connectivity index (χ0) is 11.8. The summed E-state index contributed by atoms with van der Waals surface area (Å²) in [6, 6.07) is 7.32. The van der Waals surface area contributed by atoms with Crippen molar-refractivity contribution in [1.82, 2.24) is 14.6 Å². The molecule has 3 aromatic heterocycles. The molecule has 0 fully saturated rings. The second-order valence-corrected chi connectivity index (χ2v) is 4.20. The molecule has 5 nitrogen and oxygen atoms in total. The first-order valence-corrected chi connectivity index (χ1v) is 5.72. The smallest absolute Gasteiger partial charge is 0.204 e. The number of pyridine rings is 1. The zero-order valence-corrected chi connectivity index (χ0v) is 10.5. The van der Waals surface area contributed by atoms with Gasteiger partial charge in [-0.15, -0.1) is 10.2 Å². The van der Waals surface area contributed by atoms with Crippen LogP contribution in [0.2, 0.25) is 0 Å². The molecule has 3 aromatic rings. The predicted octanol–water partition coefficient (Wildman–Crippen LogP) is 2.76. The molecule has 0 aliphatic rings. The summed E-state index contributed by atoms with van der Waals surface area (Å²) >= 11 is 3.26. The van der Waals surface area contributed by atoms with Crippen molar-refractivity contribution in [1.29, 1.82) is 0 Å². The Hall–Kier alpha value is -1.82.